The lowest BCUT2D eigenvalue weighted by molar-refractivity contribution is -0.143. The van der Waals surface area contributed by atoms with E-state index in [1.807, 2.05) is 0 Å². The molecule has 8 heteroatoms. The monoisotopic (exact) mass is 352 g/mol. The van der Waals surface area contributed by atoms with Crippen LogP contribution in [0.5, 0.6) is 0 Å². The van der Waals surface area contributed by atoms with E-state index in [1.165, 1.54) is 4.90 Å². The van der Waals surface area contributed by atoms with E-state index in [0.717, 1.165) is 10.9 Å². The Kier molecular flexibility index (Phi) is 4.55. The van der Waals surface area contributed by atoms with Crippen molar-refractivity contribution in [3.05, 3.63) is 47.3 Å². The van der Waals surface area contributed by atoms with Crippen LogP contribution in [0.4, 0.5) is 13.2 Å². The second-order valence-electron chi connectivity index (χ2n) is 6.23. The molecule has 0 radical (unpaired) electrons. The topological polar surface area (TPSA) is 64.2 Å². The van der Waals surface area contributed by atoms with Crippen molar-refractivity contribution in [2.75, 3.05) is 13.1 Å². The van der Waals surface area contributed by atoms with Crippen LogP contribution >= 0.6 is 0 Å². The van der Waals surface area contributed by atoms with Crippen molar-refractivity contribution in [1.82, 2.24) is 14.7 Å². The van der Waals surface area contributed by atoms with Crippen LogP contribution in [0.3, 0.4) is 0 Å². The molecule has 0 unspecified atom stereocenters. The second kappa shape index (κ2) is 6.51. The van der Waals surface area contributed by atoms with Crippen LogP contribution in [0.1, 0.15) is 34.5 Å². The van der Waals surface area contributed by atoms with Gasteiger partial charge >= 0.3 is 6.18 Å². The normalized spacial score (nSPS) is 16.3. The summed E-state index contributed by atoms with van der Waals surface area (Å²) in [6.45, 7) is 2.41. The maximum absolute atomic E-state index is 13.7. The first kappa shape index (κ1) is 17.5. The van der Waals surface area contributed by atoms with E-state index >= 15 is 0 Å². The number of aryl methyl sites for hydroxylation is 1. The highest BCUT2D eigenvalue weighted by Gasteiger charge is 2.41. The van der Waals surface area contributed by atoms with Gasteiger partial charge in [0.1, 0.15) is 0 Å². The molecule has 2 heterocycles. The molecule has 3 rings (SSSR count). The van der Waals surface area contributed by atoms with Crippen molar-refractivity contribution in [2.45, 2.75) is 32.0 Å². The number of carbonyl (C=O) groups is 1. The summed E-state index contributed by atoms with van der Waals surface area (Å²) in [5.74, 6) is -0.654. The predicted octanol–water partition coefficient (Wildman–Crippen LogP) is 2.76. The predicted molar refractivity (Wildman–Crippen MR) is 86.4 cm³/mol. The lowest BCUT2D eigenvalue weighted by Crippen LogP contribution is -2.43. The van der Waals surface area contributed by atoms with Gasteiger partial charge in [-0.3, -0.25) is 4.79 Å². The Balaban J connectivity index is 2.04. The summed E-state index contributed by atoms with van der Waals surface area (Å²) >= 11 is 0. The van der Waals surface area contributed by atoms with Gasteiger partial charge in [0, 0.05) is 19.1 Å². The third kappa shape index (κ3) is 3.39. The van der Waals surface area contributed by atoms with Crippen LogP contribution in [-0.4, -0.2) is 39.7 Å². The maximum Gasteiger partial charge on any atom is 0.434 e. The highest BCUT2D eigenvalue weighted by Crippen LogP contribution is 2.35. The van der Waals surface area contributed by atoms with Gasteiger partial charge in [-0.05, 0) is 31.4 Å². The fourth-order valence-electron chi connectivity index (χ4n) is 3.03. The fourth-order valence-corrected chi connectivity index (χ4v) is 3.03. The zero-order valence-corrected chi connectivity index (χ0v) is 13.8. The van der Waals surface area contributed by atoms with Gasteiger partial charge in [-0.25, -0.2) is 4.68 Å². The molecule has 1 saturated heterocycles. The summed E-state index contributed by atoms with van der Waals surface area (Å²) in [4.78, 5) is 14.0. The number of halogens is 3. The van der Waals surface area contributed by atoms with Crippen LogP contribution in [0.2, 0.25) is 0 Å². The molecule has 2 N–H and O–H groups in total. The average Bonchev–Trinajstić information content (AvgIpc) is 3.00. The summed E-state index contributed by atoms with van der Waals surface area (Å²) in [6.07, 6.45) is -2.53. The molecule has 0 saturated carbocycles. The Bertz CT molecular complexity index is 776. The Morgan fingerprint density at radius 1 is 1.24 bits per heavy atom. The molecule has 0 bridgehead atoms. The number of piperidine rings is 1. The van der Waals surface area contributed by atoms with Gasteiger partial charge in [0.15, 0.2) is 5.69 Å². The second-order valence-corrected chi connectivity index (χ2v) is 6.23. The van der Waals surface area contributed by atoms with Gasteiger partial charge in [-0.15, -0.1) is 0 Å². The Morgan fingerprint density at radius 2 is 1.88 bits per heavy atom. The number of rotatable bonds is 2. The van der Waals surface area contributed by atoms with Gasteiger partial charge in [-0.2, -0.15) is 18.3 Å². The molecular weight excluding hydrogens is 333 g/mol. The van der Waals surface area contributed by atoms with Crippen molar-refractivity contribution in [3.63, 3.8) is 0 Å². The van der Waals surface area contributed by atoms with Crippen molar-refractivity contribution in [1.29, 1.82) is 0 Å². The van der Waals surface area contributed by atoms with E-state index in [4.69, 9.17) is 5.73 Å². The number of carbonyl (C=O) groups excluding carboxylic acids is 1. The molecular formula is C17H19F3N4O. The van der Waals surface area contributed by atoms with Crippen LogP contribution in [0.25, 0.3) is 5.69 Å². The number of hydrogen-bond acceptors (Lipinski definition) is 3. The number of amides is 1. The van der Waals surface area contributed by atoms with E-state index in [0.29, 0.717) is 37.2 Å². The number of benzene rings is 1. The number of para-hydroxylation sites is 1. The first-order valence-electron chi connectivity index (χ1n) is 8.05. The molecule has 2 aromatic rings. The van der Waals surface area contributed by atoms with Gasteiger partial charge in [0.2, 0.25) is 0 Å². The molecule has 134 valence electrons. The van der Waals surface area contributed by atoms with Gasteiger partial charge < -0.3 is 10.6 Å². The number of likely N-dealkylation sites (tertiary alicyclic amines) is 1. The standard InChI is InChI=1S/C17H19F3N4O/c1-11-4-2-3-5-14(11)24-15(17(18,19)20)13(10-22-24)16(25)23-8-6-12(21)7-9-23/h2-5,10,12H,6-9,21H2,1H3. The molecule has 1 aliphatic heterocycles. The first-order chi connectivity index (χ1) is 11.8. The number of aromatic nitrogens is 2. The van der Waals surface area contributed by atoms with E-state index in [2.05, 4.69) is 5.10 Å². The zero-order chi connectivity index (χ0) is 18.2. The van der Waals surface area contributed by atoms with Crippen LogP contribution in [0.15, 0.2) is 30.5 Å². The third-order valence-electron chi connectivity index (χ3n) is 4.44. The number of nitrogens with two attached hydrogens (primary N) is 1. The highest BCUT2D eigenvalue weighted by molar-refractivity contribution is 5.95. The molecule has 1 fully saturated rings. The van der Waals surface area contributed by atoms with Gasteiger partial charge in [0.05, 0.1) is 17.4 Å². The fraction of sp³-hybridized carbons (Fsp3) is 0.412. The molecule has 1 amide bonds. The van der Waals surface area contributed by atoms with Gasteiger partial charge in [-0.1, -0.05) is 18.2 Å². The molecule has 1 aromatic heterocycles. The Morgan fingerprint density at radius 3 is 2.48 bits per heavy atom. The van der Waals surface area contributed by atoms with E-state index in [9.17, 15) is 18.0 Å². The molecule has 1 aliphatic rings. The van der Waals surface area contributed by atoms with Crippen LogP contribution in [-0.2, 0) is 6.18 Å². The molecule has 0 aliphatic carbocycles. The number of alkyl halides is 3. The largest absolute Gasteiger partial charge is 0.434 e. The molecule has 1 aromatic carbocycles. The first-order valence-corrected chi connectivity index (χ1v) is 8.05. The lowest BCUT2D eigenvalue weighted by atomic mass is 10.0. The minimum atomic E-state index is -4.70. The summed E-state index contributed by atoms with van der Waals surface area (Å²) in [7, 11) is 0. The molecule has 25 heavy (non-hydrogen) atoms. The number of nitrogens with zero attached hydrogens (tertiary/aromatic N) is 3. The van der Waals surface area contributed by atoms with E-state index in [-0.39, 0.29) is 6.04 Å². The Hall–Kier alpha value is -2.35. The average molecular weight is 352 g/mol. The summed E-state index contributed by atoms with van der Waals surface area (Å²) in [5.41, 5.74) is 5.27. The minimum Gasteiger partial charge on any atom is -0.338 e. The van der Waals surface area contributed by atoms with Gasteiger partial charge in [0.25, 0.3) is 5.91 Å². The summed E-state index contributed by atoms with van der Waals surface area (Å²) in [6, 6.07) is 6.60. The van der Waals surface area contributed by atoms with Crippen molar-refractivity contribution in [2.24, 2.45) is 5.73 Å². The smallest absolute Gasteiger partial charge is 0.338 e. The lowest BCUT2D eigenvalue weighted by Gasteiger charge is -2.30. The number of hydrogen-bond donors (Lipinski definition) is 1. The highest BCUT2D eigenvalue weighted by atomic mass is 19.4. The minimum absolute atomic E-state index is 0.0131. The quantitative estimate of drug-likeness (QED) is 0.904. The van der Waals surface area contributed by atoms with Crippen LogP contribution in [0, 0.1) is 6.92 Å². The van der Waals surface area contributed by atoms with Crippen LogP contribution < -0.4 is 5.73 Å². The van der Waals surface area contributed by atoms with E-state index in [1.54, 1.807) is 31.2 Å². The Labute approximate surface area is 143 Å². The third-order valence-corrected chi connectivity index (χ3v) is 4.44. The summed E-state index contributed by atoms with van der Waals surface area (Å²) in [5, 5.41) is 3.87. The van der Waals surface area contributed by atoms with Crippen molar-refractivity contribution >= 4 is 5.91 Å². The molecule has 0 atom stereocenters. The molecule has 5 nitrogen and oxygen atoms in total. The molecule has 0 spiro atoms. The maximum atomic E-state index is 13.7. The summed E-state index contributed by atoms with van der Waals surface area (Å²) < 4.78 is 41.9. The van der Waals surface area contributed by atoms with E-state index < -0.39 is 23.3 Å². The van der Waals surface area contributed by atoms with Crippen molar-refractivity contribution in [3.8, 4) is 5.69 Å². The SMILES string of the molecule is Cc1ccccc1-n1ncc(C(=O)N2CCC(N)CC2)c1C(F)(F)F. The zero-order valence-electron chi connectivity index (χ0n) is 13.8. The van der Waals surface area contributed by atoms with Crippen molar-refractivity contribution < 1.29 is 18.0 Å².